The second-order valence-corrected chi connectivity index (χ2v) is 5.26. The van der Waals surface area contributed by atoms with Gasteiger partial charge in [0.15, 0.2) is 0 Å². The molecule has 0 spiro atoms. The number of carbonyl (C=O) groups excluding carboxylic acids is 2. The van der Waals surface area contributed by atoms with Crippen molar-refractivity contribution < 1.29 is 19.1 Å². The average molecular weight is 307 g/mol. The SMILES string of the molecule is CCOc1ccc(CC(=O)N(CCC(=O)OC)C(C)C)cc1. The van der Waals surface area contributed by atoms with Gasteiger partial charge in [-0.3, -0.25) is 9.59 Å². The third-order valence-corrected chi connectivity index (χ3v) is 3.32. The summed E-state index contributed by atoms with van der Waals surface area (Å²) in [6.07, 6.45) is 0.523. The molecule has 1 amide bonds. The van der Waals surface area contributed by atoms with Crippen molar-refractivity contribution in [2.24, 2.45) is 0 Å². The molecule has 1 aromatic rings. The molecule has 0 radical (unpaired) electrons. The van der Waals surface area contributed by atoms with Gasteiger partial charge in [0.1, 0.15) is 5.75 Å². The Hall–Kier alpha value is -2.04. The molecular weight excluding hydrogens is 282 g/mol. The van der Waals surface area contributed by atoms with E-state index in [4.69, 9.17) is 4.74 Å². The quantitative estimate of drug-likeness (QED) is 0.692. The molecule has 0 heterocycles. The van der Waals surface area contributed by atoms with Crippen LogP contribution in [-0.4, -0.2) is 43.1 Å². The molecule has 122 valence electrons. The number of hydrogen-bond donors (Lipinski definition) is 0. The summed E-state index contributed by atoms with van der Waals surface area (Å²) in [5.41, 5.74) is 0.928. The summed E-state index contributed by atoms with van der Waals surface area (Å²) in [6, 6.07) is 7.55. The van der Waals surface area contributed by atoms with Gasteiger partial charge in [0.2, 0.25) is 5.91 Å². The van der Waals surface area contributed by atoms with Gasteiger partial charge < -0.3 is 14.4 Å². The Morgan fingerprint density at radius 2 is 1.82 bits per heavy atom. The van der Waals surface area contributed by atoms with E-state index in [1.54, 1.807) is 4.90 Å². The van der Waals surface area contributed by atoms with Gasteiger partial charge in [-0.25, -0.2) is 0 Å². The largest absolute Gasteiger partial charge is 0.494 e. The molecule has 0 saturated carbocycles. The van der Waals surface area contributed by atoms with Crippen molar-refractivity contribution in [3.8, 4) is 5.75 Å². The summed E-state index contributed by atoms with van der Waals surface area (Å²) in [4.78, 5) is 25.4. The molecule has 0 bridgehead atoms. The number of nitrogens with zero attached hydrogens (tertiary/aromatic N) is 1. The molecule has 0 unspecified atom stereocenters. The van der Waals surface area contributed by atoms with E-state index in [0.717, 1.165) is 11.3 Å². The second-order valence-electron chi connectivity index (χ2n) is 5.26. The molecule has 0 atom stereocenters. The van der Waals surface area contributed by atoms with Crippen molar-refractivity contribution >= 4 is 11.9 Å². The second kappa shape index (κ2) is 9.07. The minimum absolute atomic E-state index is 0.00284. The summed E-state index contributed by atoms with van der Waals surface area (Å²) in [5, 5.41) is 0. The predicted octanol–water partition coefficient (Wildman–Crippen LogP) is 2.43. The highest BCUT2D eigenvalue weighted by Crippen LogP contribution is 2.14. The van der Waals surface area contributed by atoms with Gasteiger partial charge in [-0.15, -0.1) is 0 Å². The van der Waals surface area contributed by atoms with E-state index in [-0.39, 0.29) is 24.3 Å². The Morgan fingerprint density at radius 1 is 1.18 bits per heavy atom. The lowest BCUT2D eigenvalue weighted by Crippen LogP contribution is -2.39. The highest BCUT2D eigenvalue weighted by atomic mass is 16.5. The number of esters is 1. The Labute approximate surface area is 132 Å². The lowest BCUT2D eigenvalue weighted by atomic mass is 10.1. The standard InChI is InChI=1S/C17H25NO4/c1-5-22-15-8-6-14(7-9-15)12-16(19)18(13(2)3)11-10-17(20)21-4/h6-9,13H,5,10-12H2,1-4H3. The van der Waals surface area contributed by atoms with Crippen LogP contribution >= 0.6 is 0 Å². The van der Waals surface area contributed by atoms with Crippen molar-refractivity contribution in [3.05, 3.63) is 29.8 Å². The Kier molecular flexibility index (Phi) is 7.43. The van der Waals surface area contributed by atoms with E-state index in [1.807, 2.05) is 45.0 Å². The summed E-state index contributed by atoms with van der Waals surface area (Å²) < 4.78 is 10.0. The van der Waals surface area contributed by atoms with Gasteiger partial charge in [0, 0.05) is 12.6 Å². The fourth-order valence-corrected chi connectivity index (χ4v) is 2.13. The third kappa shape index (κ3) is 5.76. The van der Waals surface area contributed by atoms with E-state index in [2.05, 4.69) is 4.74 Å². The van der Waals surface area contributed by atoms with E-state index < -0.39 is 0 Å². The maximum atomic E-state index is 12.4. The van der Waals surface area contributed by atoms with Crippen LogP contribution in [0, 0.1) is 0 Å². The number of benzene rings is 1. The molecule has 1 rings (SSSR count). The minimum Gasteiger partial charge on any atom is -0.494 e. The highest BCUT2D eigenvalue weighted by Gasteiger charge is 2.18. The third-order valence-electron chi connectivity index (χ3n) is 3.32. The predicted molar refractivity (Wildman–Crippen MR) is 84.8 cm³/mol. The molecule has 0 N–H and O–H groups in total. The first kappa shape index (κ1) is 18.0. The van der Waals surface area contributed by atoms with Crippen molar-refractivity contribution in [2.75, 3.05) is 20.3 Å². The van der Waals surface area contributed by atoms with Gasteiger partial charge in [-0.1, -0.05) is 12.1 Å². The number of rotatable bonds is 8. The number of hydrogen-bond acceptors (Lipinski definition) is 4. The summed E-state index contributed by atoms with van der Waals surface area (Å²) in [5.74, 6) is 0.493. The van der Waals surface area contributed by atoms with E-state index in [1.165, 1.54) is 7.11 Å². The van der Waals surface area contributed by atoms with Crippen LogP contribution in [0.5, 0.6) is 5.75 Å². The topological polar surface area (TPSA) is 55.8 Å². The van der Waals surface area contributed by atoms with Crippen molar-refractivity contribution in [1.82, 2.24) is 4.90 Å². The maximum absolute atomic E-state index is 12.4. The van der Waals surface area contributed by atoms with E-state index in [9.17, 15) is 9.59 Å². The zero-order valence-corrected chi connectivity index (χ0v) is 13.8. The van der Waals surface area contributed by atoms with Crippen LogP contribution < -0.4 is 4.74 Å². The lowest BCUT2D eigenvalue weighted by Gasteiger charge is -2.26. The first-order valence-electron chi connectivity index (χ1n) is 7.56. The molecule has 0 aliphatic heterocycles. The summed E-state index contributed by atoms with van der Waals surface area (Å²) >= 11 is 0. The monoisotopic (exact) mass is 307 g/mol. The number of methoxy groups -OCH3 is 1. The Bertz CT molecular complexity index is 482. The van der Waals surface area contributed by atoms with Crippen molar-refractivity contribution in [3.63, 3.8) is 0 Å². The van der Waals surface area contributed by atoms with Gasteiger partial charge in [0.25, 0.3) is 0 Å². The van der Waals surface area contributed by atoms with Crippen molar-refractivity contribution in [2.45, 2.75) is 39.7 Å². The first-order chi connectivity index (χ1) is 10.5. The van der Waals surface area contributed by atoms with Crippen LogP contribution in [0.25, 0.3) is 0 Å². The molecule has 0 saturated heterocycles. The molecule has 1 aromatic carbocycles. The Morgan fingerprint density at radius 3 is 2.32 bits per heavy atom. The highest BCUT2D eigenvalue weighted by molar-refractivity contribution is 5.79. The lowest BCUT2D eigenvalue weighted by molar-refractivity contribution is -0.142. The van der Waals surface area contributed by atoms with Crippen LogP contribution in [0.1, 0.15) is 32.8 Å². The average Bonchev–Trinajstić information content (AvgIpc) is 2.49. The Balaban J connectivity index is 2.64. The van der Waals surface area contributed by atoms with Crippen molar-refractivity contribution in [1.29, 1.82) is 0 Å². The number of carbonyl (C=O) groups is 2. The smallest absolute Gasteiger partial charge is 0.307 e. The molecule has 5 nitrogen and oxygen atoms in total. The van der Waals surface area contributed by atoms with E-state index in [0.29, 0.717) is 19.6 Å². The van der Waals surface area contributed by atoms with Crippen LogP contribution in [-0.2, 0) is 20.7 Å². The van der Waals surface area contributed by atoms with Gasteiger partial charge in [-0.2, -0.15) is 0 Å². The summed E-state index contributed by atoms with van der Waals surface area (Å²) in [7, 11) is 1.35. The van der Waals surface area contributed by atoms with Crippen LogP contribution in [0.15, 0.2) is 24.3 Å². The molecule has 5 heteroatoms. The van der Waals surface area contributed by atoms with E-state index >= 15 is 0 Å². The molecule has 0 aliphatic carbocycles. The minimum atomic E-state index is -0.306. The zero-order chi connectivity index (χ0) is 16.5. The van der Waals surface area contributed by atoms with Crippen LogP contribution in [0.2, 0.25) is 0 Å². The number of ether oxygens (including phenoxy) is 2. The molecule has 0 aliphatic rings. The maximum Gasteiger partial charge on any atom is 0.307 e. The zero-order valence-electron chi connectivity index (χ0n) is 13.8. The molecule has 0 aromatic heterocycles. The molecule has 22 heavy (non-hydrogen) atoms. The molecular formula is C17H25NO4. The van der Waals surface area contributed by atoms with Crippen LogP contribution in [0.4, 0.5) is 0 Å². The number of amides is 1. The van der Waals surface area contributed by atoms with Gasteiger partial charge in [-0.05, 0) is 38.5 Å². The van der Waals surface area contributed by atoms with Gasteiger partial charge in [0.05, 0.1) is 26.6 Å². The van der Waals surface area contributed by atoms with Gasteiger partial charge >= 0.3 is 5.97 Å². The van der Waals surface area contributed by atoms with Crippen LogP contribution in [0.3, 0.4) is 0 Å². The fourth-order valence-electron chi connectivity index (χ4n) is 2.13. The summed E-state index contributed by atoms with van der Waals surface area (Å²) in [6.45, 7) is 6.80. The first-order valence-corrected chi connectivity index (χ1v) is 7.56. The normalized spacial score (nSPS) is 10.4. The molecule has 0 fully saturated rings. The fraction of sp³-hybridized carbons (Fsp3) is 0.529.